The highest BCUT2D eigenvalue weighted by Gasteiger charge is 2.92. The number of rotatable bonds is 5. The van der Waals surface area contributed by atoms with Crippen molar-refractivity contribution in [2.75, 3.05) is 6.54 Å². The summed E-state index contributed by atoms with van der Waals surface area (Å²) in [5.74, 6) is 1.21. The van der Waals surface area contributed by atoms with Gasteiger partial charge in [0.25, 0.3) is 5.91 Å². The number of nitrogens with zero attached hydrogens (tertiary/aromatic N) is 3. The van der Waals surface area contributed by atoms with Gasteiger partial charge in [0, 0.05) is 17.5 Å². The molecule has 2 aromatic carbocycles. The molecule has 148 valence electrons. The molecule has 1 aliphatic heterocycles. The number of benzene rings is 2. The first-order valence-corrected chi connectivity index (χ1v) is 10.0. The summed E-state index contributed by atoms with van der Waals surface area (Å²) in [6.07, 6.45) is 4.30. The molecular weight excluding hydrogens is 378 g/mol. The average Bonchev–Trinajstić information content (AvgIpc) is 3.43. The molecule has 30 heavy (non-hydrogen) atoms. The Morgan fingerprint density at radius 3 is 2.73 bits per heavy atom. The number of hydrogen-bond donors (Lipinski definition) is 2. The quantitative estimate of drug-likeness (QED) is 0.645. The number of likely N-dealkylation sites (tertiary alicyclic amines) is 1. The summed E-state index contributed by atoms with van der Waals surface area (Å²) in [6.45, 7) is 0.594. The predicted molar refractivity (Wildman–Crippen MR) is 109 cm³/mol. The van der Waals surface area contributed by atoms with E-state index in [1.54, 1.807) is 6.07 Å². The molecule has 1 saturated heterocycles. The average molecular weight is 397 g/mol. The molecule has 6 rings (SSSR count). The van der Waals surface area contributed by atoms with E-state index in [4.69, 9.17) is 4.74 Å². The van der Waals surface area contributed by atoms with Crippen LogP contribution in [0.2, 0.25) is 0 Å². The van der Waals surface area contributed by atoms with Crippen LogP contribution >= 0.6 is 0 Å². The van der Waals surface area contributed by atoms with Crippen LogP contribution in [0.4, 0.5) is 0 Å². The molecule has 3 fully saturated rings. The molecule has 2 aliphatic carbocycles. The second kappa shape index (κ2) is 5.86. The van der Waals surface area contributed by atoms with Crippen LogP contribution < -0.4 is 10.1 Å². The Kier molecular flexibility index (Phi) is 3.34. The minimum absolute atomic E-state index is 0.0186. The van der Waals surface area contributed by atoms with E-state index in [1.165, 1.54) is 0 Å². The van der Waals surface area contributed by atoms with Gasteiger partial charge < -0.3 is 15.0 Å². The van der Waals surface area contributed by atoms with Gasteiger partial charge in [-0.3, -0.25) is 9.89 Å². The number of carbonyl (C=O) groups is 1. The van der Waals surface area contributed by atoms with Gasteiger partial charge in [0.15, 0.2) is 6.19 Å². The van der Waals surface area contributed by atoms with Crippen molar-refractivity contribution in [1.82, 2.24) is 20.4 Å². The molecule has 1 atom stereocenters. The number of aromatic amines is 1. The number of H-pyrrole nitrogens is 1. The van der Waals surface area contributed by atoms with Crippen molar-refractivity contribution in [3.8, 4) is 28.9 Å². The molecule has 1 amide bonds. The summed E-state index contributed by atoms with van der Waals surface area (Å²) in [5.41, 5.74) is 2.01. The third-order valence-corrected chi connectivity index (χ3v) is 6.82. The Labute approximate surface area is 173 Å². The molecule has 3 aliphatic rings. The molecule has 0 radical (unpaired) electrons. The number of ether oxygens (including phenoxy) is 1. The Balaban J connectivity index is 1.21. The van der Waals surface area contributed by atoms with Crippen LogP contribution in [0.25, 0.3) is 11.3 Å². The molecule has 0 spiro atoms. The molecule has 2 heterocycles. The standard InChI is InChI=1S/C23H19N5O2/c24-14-28-11-20(22-12-23(22,28)13-22)25-21(29)18-10-17(26-27-18)16-8-4-5-9-19(16)30-15-6-2-1-3-7-15/h1-10,20H,11-13H2,(H,25,29)(H,26,27)/t20-,22?,23?/m1/s1. The summed E-state index contributed by atoms with van der Waals surface area (Å²) >= 11 is 0. The van der Waals surface area contributed by atoms with Crippen molar-refractivity contribution in [3.05, 3.63) is 66.4 Å². The van der Waals surface area contributed by atoms with Gasteiger partial charge in [0.2, 0.25) is 0 Å². The summed E-state index contributed by atoms with van der Waals surface area (Å²) in [6, 6.07) is 18.9. The SMILES string of the molecule is N#CN1C[C@@H](NC(=O)c2cc(-c3ccccc3Oc3ccccc3)n[nH]2)C23CC12C3. The monoisotopic (exact) mass is 397 g/mol. The van der Waals surface area contributed by atoms with Gasteiger partial charge in [-0.15, -0.1) is 0 Å². The maximum absolute atomic E-state index is 12.8. The molecule has 0 bridgehead atoms. The van der Waals surface area contributed by atoms with Crippen molar-refractivity contribution in [2.45, 2.75) is 24.4 Å². The lowest BCUT2D eigenvalue weighted by molar-refractivity contribution is 0.0914. The number of aromatic nitrogens is 2. The third-order valence-electron chi connectivity index (χ3n) is 6.82. The van der Waals surface area contributed by atoms with E-state index in [1.807, 2.05) is 59.5 Å². The lowest BCUT2D eigenvalue weighted by atomic mass is 10.0. The van der Waals surface area contributed by atoms with Crippen LogP contribution in [0.3, 0.4) is 0 Å². The summed E-state index contributed by atoms with van der Waals surface area (Å²) in [7, 11) is 0. The molecule has 1 aromatic heterocycles. The Morgan fingerprint density at radius 1 is 1.20 bits per heavy atom. The normalized spacial score (nSPS) is 27.6. The molecule has 0 unspecified atom stereocenters. The van der Waals surface area contributed by atoms with Gasteiger partial charge in [-0.1, -0.05) is 30.3 Å². The smallest absolute Gasteiger partial charge is 0.269 e. The highest BCUT2D eigenvalue weighted by molar-refractivity contribution is 5.94. The van der Waals surface area contributed by atoms with E-state index >= 15 is 0 Å². The van der Waals surface area contributed by atoms with Crippen LogP contribution in [0.1, 0.15) is 23.3 Å². The largest absolute Gasteiger partial charge is 0.457 e. The maximum atomic E-state index is 12.8. The highest BCUT2D eigenvalue weighted by atomic mass is 16.5. The first-order chi connectivity index (χ1) is 14.6. The van der Waals surface area contributed by atoms with Gasteiger partial charge in [-0.25, -0.2) is 0 Å². The van der Waals surface area contributed by atoms with Gasteiger partial charge in [0.1, 0.15) is 17.2 Å². The van der Waals surface area contributed by atoms with Gasteiger partial charge in [-0.2, -0.15) is 10.4 Å². The van der Waals surface area contributed by atoms with Crippen LogP contribution in [0.15, 0.2) is 60.7 Å². The highest BCUT2D eigenvalue weighted by Crippen LogP contribution is 2.85. The topological polar surface area (TPSA) is 94.0 Å². The van der Waals surface area contributed by atoms with Gasteiger partial charge in [0.05, 0.1) is 17.3 Å². The van der Waals surface area contributed by atoms with Crippen LogP contribution in [-0.2, 0) is 0 Å². The van der Waals surface area contributed by atoms with E-state index in [0.29, 0.717) is 23.7 Å². The number of piperidine rings is 2. The lowest BCUT2D eigenvalue weighted by Crippen LogP contribution is -2.44. The number of carbonyl (C=O) groups excluding carboxylic acids is 1. The summed E-state index contributed by atoms with van der Waals surface area (Å²) in [4.78, 5) is 14.7. The number of hydrogen-bond acceptors (Lipinski definition) is 5. The zero-order valence-corrected chi connectivity index (χ0v) is 16.1. The summed E-state index contributed by atoms with van der Waals surface area (Å²) in [5, 5.41) is 19.6. The van der Waals surface area contributed by atoms with Gasteiger partial charge >= 0.3 is 0 Å². The second-order valence-electron chi connectivity index (χ2n) is 8.36. The summed E-state index contributed by atoms with van der Waals surface area (Å²) < 4.78 is 6.01. The molecule has 7 nitrogen and oxygen atoms in total. The Hall–Kier alpha value is -3.79. The fraction of sp³-hybridized carbons (Fsp3) is 0.261. The van der Waals surface area contributed by atoms with Crippen molar-refractivity contribution < 1.29 is 9.53 Å². The predicted octanol–water partition coefficient (Wildman–Crippen LogP) is 3.30. The zero-order valence-electron chi connectivity index (χ0n) is 16.1. The van der Waals surface area contributed by atoms with Crippen LogP contribution in [0, 0.1) is 16.9 Å². The van der Waals surface area contributed by atoms with Crippen molar-refractivity contribution in [1.29, 1.82) is 5.26 Å². The third kappa shape index (κ3) is 2.31. The van der Waals surface area contributed by atoms with Gasteiger partial charge in [-0.05, 0) is 43.2 Å². The zero-order chi connectivity index (χ0) is 20.3. The molecule has 3 aromatic rings. The number of nitriles is 1. The van der Waals surface area contributed by atoms with Crippen molar-refractivity contribution in [3.63, 3.8) is 0 Å². The number of nitrogens with one attached hydrogen (secondary N) is 2. The molecule has 2 N–H and O–H groups in total. The molecule has 7 heteroatoms. The molecular formula is C23H19N5O2. The minimum Gasteiger partial charge on any atom is -0.457 e. The molecule has 2 saturated carbocycles. The first-order valence-electron chi connectivity index (χ1n) is 10.0. The Bertz CT molecular complexity index is 1190. The fourth-order valence-corrected chi connectivity index (χ4v) is 4.98. The first kappa shape index (κ1) is 17.1. The maximum Gasteiger partial charge on any atom is 0.269 e. The Morgan fingerprint density at radius 2 is 1.97 bits per heavy atom. The van der Waals surface area contributed by atoms with Crippen LogP contribution in [0.5, 0.6) is 11.5 Å². The number of amides is 1. The lowest BCUT2D eigenvalue weighted by Gasteiger charge is -2.25. The van der Waals surface area contributed by atoms with E-state index < -0.39 is 0 Å². The van der Waals surface area contributed by atoms with E-state index in [0.717, 1.165) is 24.2 Å². The second-order valence-corrected chi connectivity index (χ2v) is 8.36. The minimum atomic E-state index is -0.193. The van der Waals surface area contributed by atoms with Crippen LogP contribution in [-0.4, -0.2) is 39.1 Å². The van der Waals surface area contributed by atoms with E-state index in [9.17, 15) is 10.1 Å². The van der Waals surface area contributed by atoms with E-state index in [2.05, 4.69) is 21.7 Å². The van der Waals surface area contributed by atoms with Crippen molar-refractivity contribution >= 4 is 5.91 Å². The van der Waals surface area contributed by atoms with E-state index in [-0.39, 0.29) is 22.9 Å². The van der Waals surface area contributed by atoms with Crippen molar-refractivity contribution in [2.24, 2.45) is 5.41 Å². The fourth-order valence-electron chi connectivity index (χ4n) is 4.98. The number of para-hydroxylation sites is 2.